The summed E-state index contributed by atoms with van der Waals surface area (Å²) in [6.45, 7) is 0.296. The second-order valence-electron chi connectivity index (χ2n) is 7.69. The number of benzene rings is 2. The maximum atomic E-state index is 12.7. The van der Waals surface area contributed by atoms with Crippen LogP contribution < -0.4 is 11.1 Å². The minimum absolute atomic E-state index is 0.0592. The smallest absolute Gasteiger partial charge is 0.416 e. The highest BCUT2D eigenvalue weighted by atomic mass is 19.4. The highest BCUT2D eigenvalue weighted by Gasteiger charge is 2.30. The van der Waals surface area contributed by atoms with Crippen LogP contribution in [0, 0.1) is 0 Å². The SMILES string of the molecule is NCC(CCc1ccc(C(F)(F)F)cc1)N[C@H](CC(=O)O)Cc1c[nH]c2ccccc12. The first kappa shape index (κ1) is 22.8. The van der Waals surface area contributed by atoms with Crippen molar-refractivity contribution in [2.75, 3.05) is 6.54 Å². The van der Waals surface area contributed by atoms with E-state index in [-0.39, 0.29) is 18.5 Å². The molecule has 2 aromatic carbocycles. The van der Waals surface area contributed by atoms with Crippen LogP contribution in [0.4, 0.5) is 13.2 Å². The number of aliphatic carboxylic acids is 1. The molecule has 0 amide bonds. The number of halogens is 3. The van der Waals surface area contributed by atoms with Crippen molar-refractivity contribution >= 4 is 16.9 Å². The molecule has 1 aromatic heterocycles. The Labute approximate surface area is 178 Å². The van der Waals surface area contributed by atoms with Gasteiger partial charge in [0.05, 0.1) is 12.0 Å². The number of rotatable bonds is 10. The van der Waals surface area contributed by atoms with Gasteiger partial charge in [-0.2, -0.15) is 13.2 Å². The molecular weight excluding hydrogens is 407 g/mol. The summed E-state index contributed by atoms with van der Waals surface area (Å²) in [7, 11) is 0. The molecule has 0 saturated carbocycles. The van der Waals surface area contributed by atoms with Gasteiger partial charge in [0.15, 0.2) is 0 Å². The van der Waals surface area contributed by atoms with Crippen LogP contribution in [0.2, 0.25) is 0 Å². The second-order valence-corrected chi connectivity index (χ2v) is 7.69. The van der Waals surface area contributed by atoms with E-state index in [4.69, 9.17) is 5.73 Å². The normalized spacial score (nSPS) is 13.9. The summed E-state index contributed by atoms with van der Waals surface area (Å²) in [5.74, 6) is -0.907. The van der Waals surface area contributed by atoms with Crippen molar-refractivity contribution in [1.82, 2.24) is 10.3 Å². The molecule has 0 fully saturated rings. The average Bonchev–Trinajstić information content (AvgIpc) is 3.13. The predicted molar refractivity (Wildman–Crippen MR) is 114 cm³/mol. The fourth-order valence-electron chi connectivity index (χ4n) is 3.77. The lowest BCUT2D eigenvalue weighted by atomic mass is 9.99. The van der Waals surface area contributed by atoms with E-state index < -0.39 is 17.7 Å². The molecule has 2 atom stereocenters. The third kappa shape index (κ3) is 6.32. The van der Waals surface area contributed by atoms with Gasteiger partial charge in [0, 0.05) is 35.7 Å². The van der Waals surface area contributed by atoms with Gasteiger partial charge in [0.1, 0.15) is 0 Å². The largest absolute Gasteiger partial charge is 0.481 e. The van der Waals surface area contributed by atoms with Crippen LogP contribution in [0.5, 0.6) is 0 Å². The number of hydrogen-bond acceptors (Lipinski definition) is 3. The standard InChI is InChI=1S/C23H26F3N3O2/c24-23(25,26)17-8-5-15(6-9-17)7-10-18(13-27)29-19(12-22(30)31)11-16-14-28-21-4-2-1-3-20(16)21/h1-6,8-9,14,18-19,28-29H,7,10-13,27H2,(H,30,31)/t18?,19-/m0/s1. The van der Waals surface area contributed by atoms with Gasteiger partial charge in [-0.05, 0) is 48.6 Å². The van der Waals surface area contributed by atoms with Crippen molar-refractivity contribution < 1.29 is 23.1 Å². The second kappa shape index (κ2) is 9.98. The molecule has 0 bridgehead atoms. The first-order valence-corrected chi connectivity index (χ1v) is 10.1. The Morgan fingerprint density at radius 3 is 2.45 bits per heavy atom. The number of carboxylic acid groups (broad SMARTS) is 1. The molecule has 5 N–H and O–H groups in total. The number of aryl methyl sites for hydroxylation is 1. The van der Waals surface area contributed by atoms with Crippen molar-refractivity contribution in [2.45, 2.75) is 43.9 Å². The summed E-state index contributed by atoms with van der Waals surface area (Å²) < 4.78 is 38.1. The lowest BCUT2D eigenvalue weighted by Crippen LogP contribution is -2.45. The number of carbonyl (C=O) groups is 1. The van der Waals surface area contributed by atoms with Crippen LogP contribution in [0.25, 0.3) is 10.9 Å². The van der Waals surface area contributed by atoms with Crippen molar-refractivity contribution in [3.8, 4) is 0 Å². The molecule has 3 aromatic rings. The summed E-state index contributed by atoms with van der Waals surface area (Å²) in [5.41, 5.74) is 8.01. The van der Waals surface area contributed by atoms with Gasteiger partial charge in [0.2, 0.25) is 0 Å². The highest BCUT2D eigenvalue weighted by molar-refractivity contribution is 5.83. The number of aromatic amines is 1. The molecule has 0 radical (unpaired) electrons. The van der Waals surface area contributed by atoms with Crippen molar-refractivity contribution in [2.24, 2.45) is 5.73 Å². The van der Waals surface area contributed by atoms with E-state index in [0.29, 0.717) is 25.8 Å². The monoisotopic (exact) mass is 433 g/mol. The van der Waals surface area contributed by atoms with Crippen LogP contribution in [0.15, 0.2) is 54.7 Å². The average molecular weight is 433 g/mol. The zero-order valence-corrected chi connectivity index (χ0v) is 17.0. The quantitative estimate of drug-likeness (QED) is 0.387. The first-order valence-electron chi connectivity index (χ1n) is 10.1. The lowest BCUT2D eigenvalue weighted by Gasteiger charge is -2.24. The molecule has 166 valence electrons. The van der Waals surface area contributed by atoms with Gasteiger partial charge in [-0.25, -0.2) is 0 Å². The molecular formula is C23H26F3N3O2. The van der Waals surface area contributed by atoms with E-state index in [1.807, 2.05) is 30.5 Å². The maximum Gasteiger partial charge on any atom is 0.416 e. The highest BCUT2D eigenvalue weighted by Crippen LogP contribution is 2.29. The number of para-hydroxylation sites is 1. The van der Waals surface area contributed by atoms with Crippen LogP contribution in [0.3, 0.4) is 0 Å². The third-order valence-electron chi connectivity index (χ3n) is 5.38. The number of aromatic nitrogens is 1. The van der Waals surface area contributed by atoms with Crippen LogP contribution in [-0.4, -0.2) is 34.7 Å². The van der Waals surface area contributed by atoms with Crippen molar-refractivity contribution in [1.29, 1.82) is 0 Å². The number of nitrogens with one attached hydrogen (secondary N) is 2. The maximum absolute atomic E-state index is 12.7. The summed E-state index contributed by atoms with van der Waals surface area (Å²) >= 11 is 0. The summed E-state index contributed by atoms with van der Waals surface area (Å²) in [6.07, 6.45) is -0.873. The number of carboxylic acids is 1. The van der Waals surface area contributed by atoms with Gasteiger partial charge in [-0.1, -0.05) is 30.3 Å². The number of hydrogen-bond donors (Lipinski definition) is 4. The van der Waals surface area contributed by atoms with Gasteiger partial charge in [-0.15, -0.1) is 0 Å². The number of nitrogens with two attached hydrogens (primary N) is 1. The summed E-state index contributed by atoms with van der Waals surface area (Å²) in [6, 6.07) is 12.4. The van der Waals surface area contributed by atoms with Gasteiger partial charge in [0.25, 0.3) is 0 Å². The molecule has 8 heteroatoms. The zero-order chi connectivity index (χ0) is 22.4. The van der Waals surface area contributed by atoms with E-state index in [1.165, 1.54) is 12.1 Å². The van der Waals surface area contributed by atoms with Gasteiger partial charge >= 0.3 is 12.1 Å². The van der Waals surface area contributed by atoms with E-state index in [0.717, 1.165) is 34.2 Å². The molecule has 5 nitrogen and oxygen atoms in total. The molecule has 0 aliphatic heterocycles. The molecule has 1 heterocycles. The first-order chi connectivity index (χ1) is 14.8. The third-order valence-corrected chi connectivity index (χ3v) is 5.38. The molecule has 0 aliphatic rings. The zero-order valence-electron chi connectivity index (χ0n) is 17.0. The summed E-state index contributed by atoms with van der Waals surface area (Å²) in [4.78, 5) is 14.6. The Hall–Kier alpha value is -2.84. The lowest BCUT2D eigenvalue weighted by molar-refractivity contribution is -0.138. The minimum Gasteiger partial charge on any atom is -0.481 e. The van der Waals surface area contributed by atoms with E-state index in [2.05, 4.69) is 10.3 Å². The van der Waals surface area contributed by atoms with E-state index >= 15 is 0 Å². The topological polar surface area (TPSA) is 91.1 Å². The van der Waals surface area contributed by atoms with Crippen LogP contribution in [0.1, 0.15) is 29.5 Å². The van der Waals surface area contributed by atoms with E-state index in [9.17, 15) is 23.1 Å². The number of alkyl halides is 3. The molecule has 31 heavy (non-hydrogen) atoms. The molecule has 0 saturated heterocycles. The fraction of sp³-hybridized carbons (Fsp3) is 0.348. The summed E-state index contributed by atoms with van der Waals surface area (Å²) in [5, 5.41) is 13.7. The predicted octanol–water partition coefficient (Wildman–Crippen LogP) is 4.12. The minimum atomic E-state index is -4.35. The Bertz CT molecular complexity index is 999. The Morgan fingerprint density at radius 2 is 1.81 bits per heavy atom. The van der Waals surface area contributed by atoms with Crippen molar-refractivity contribution in [3.63, 3.8) is 0 Å². The molecule has 0 spiro atoms. The van der Waals surface area contributed by atoms with Crippen molar-refractivity contribution in [3.05, 3.63) is 71.4 Å². The van der Waals surface area contributed by atoms with Gasteiger partial charge in [-0.3, -0.25) is 4.79 Å². The van der Waals surface area contributed by atoms with Crippen LogP contribution in [-0.2, 0) is 23.8 Å². The van der Waals surface area contributed by atoms with E-state index in [1.54, 1.807) is 0 Å². The Morgan fingerprint density at radius 1 is 1.10 bits per heavy atom. The Kier molecular flexibility index (Phi) is 7.35. The molecule has 3 rings (SSSR count). The van der Waals surface area contributed by atoms with Crippen LogP contribution >= 0.6 is 0 Å². The number of fused-ring (bicyclic) bond motifs is 1. The Balaban J connectivity index is 1.64. The van der Waals surface area contributed by atoms with Gasteiger partial charge < -0.3 is 21.1 Å². The number of H-pyrrole nitrogens is 1. The molecule has 1 unspecified atom stereocenters. The molecule has 0 aliphatic carbocycles. The fourth-order valence-corrected chi connectivity index (χ4v) is 3.77.